The van der Waals surface area contributed by atoms with Gasteiger partial charge in [0, 0.05) is 17.8 Å². The number of hydrogen-bond acceptors (Lipinski definition) is 8. The summed E-state index contributed by atoms with van der Waals surface area (Å²) >= 11 is 0. The Morgan fingerprint density at radius 1 is 1.00 bits per heavy atom. The van der Waals surface area contributed by atoms with E-state index in [4.69, 9.17) is 9.47 Å². The van der Waals surface area contributed by atoms with Gasteiger partial charge in [-0.3, -0.25) is 9.59 Å². The molecule has 9 nitrogen and oxygen atoms in total. The number of aliphatic hydroxyl groups excluding tert-OH is 4. The van der Waals surface area contributed by atoms with Gasteiger partial charge < -0.3 is 34.5 Å². The number of aromatic nitrogens is 1. The number of hydrogen-bond donors (Lipinski definition) is 4. The first kappa shape index (κ1) is 20.7. The van der Waals surface area contributed by atoms with Gasteiger partial charge in [-0.15, -0.1) is 0 Å². The molecule has 0 saturated carbocycles. The Kier molecular flexibility index (Phi) is 5.72. The predicted molar refractivity (Wildman–Crippen MR) is 102 cm³/mol. The van der Waals surface area contributed by atoms with E-state index in [2.05, 4.69) is 0 Å². The van der Waals surface area contributed by atoms with E-state index in [0.717, 1.165) is 0 Å². The van der Waals surface area contributed by atoms with E-state index in [1.165, 1.54) is 0 Å². The van der Waals surface area contributed by atoms with Crippen LogP contribution in [0.4, 0.5) is 0 Å². The molecular formula is C21H23NO8. The number of carbonyl (C=O) groups is 2. The normalized spacial score (nSPS) is 30.7. The highest BCUT2D eigenvalue weighted by molar-refractivity contribution is 6.08. The van der Waals surface area contributed by atoms with Gasteiger partial charge in [-0.25, -0.2) is 0 Å². The van der Waals surface area contributed by atoms with Crippen LogP contribution in [0.1, 0.15) is 34.1 Å². The summed E-state index contributed by atoms with van der Waals surface area (Å²) in [5.74, 6) is -1.27. The molecule has 4 rings (SSSR count). The number of fused-ring (bicyclic) bond motifs is 1. The maximum atomic E-state index is 12.8. The number of benzene rings is 1. The fourth-order valence-corrected chi connectivity index (χ4v) is 3.95. The van der Waals surface area contributed by atoms with Crippen molar-refractivity contribution in [1.29, 1.82) is 0 Å². The van der Waals surface area contributed by atoms with Gasteiger partial charge in [0.2, 0.25) is 5.78 Å². The molecular weight excluding hydrogens is 394 g/mol. The van der Waals surface area contributed by atoms with Crippen LogP contribution in [0.15, 0.2) is 42.5 Å². The van der Waals surface area contributed by atoms with Gasteiger partial charge in [0.05, 0.1) is 11.6 Å². The van der Waals surface area contributed by atoms with Crippen LogP contribution in [0.25, 0.3) is 0 Å². The second-order valence-corrected chi connectivity index (χ2v) is 7.50. The van der Waals surface area contributed by atoms with Crippen molar-refractivity contribution in [3.05, 3.63) is 59.4 Å². The molecule has 0 bridgehead atoms. The van der Waals surface area contributed by atoms with Gasteiger partial charge in [-0.2, -0.15) is 0 Å². The van der Waals surface area contributed by atoms with Crippen molar-refractivity contribution in [1.82, 2.24) is 4.57 Å². The molecule has 160 valence electrons. The van der Waals surface area contributed by atoms with E-state index in [0.29, 0.717) is 29.9 Å². The van der Waals surface area contributed by atoms with Crippen LogP contribution < -0.4 is 0 Å². The number of ketones is 1. The van der Waals surface area contributed by atoms with Crippen LogP contribution in [0.3, 0.4) is 0 Å². The maximum absolute atomic E-state index is 12.8. The number of aliphatic hydroxyl groups is 4. The molecule has 0 spiro atoms. The Morgan fingerprint density at radius 3 is 2.47 bits per heavy atom. The third-order valence-corrected chi connectivity index (χ3v) is 5.64. The van der Waals surface area contributed by atoms with Crippen molar-refractivity contribution in [3.63, 3.8) is 0 Å². The first-order valence-corrected chi connectivity index (χ1v) is 9.72. The largest absolute Gasteiger partial charge is 0.462 e. The molecule has 0 aliphatic carbocycles. The fraction of sp³-hybridized carbons (Fsp3) is 0.429. The van der Waals surface area contributed by atoms with E-state index in [1.807, 2.05) is 6.07 Å². The van der Waals surface area contributed by atoms with Crippen LogP contribution in [-0.4, -0.2) is 74.1 Å². The molecule has 1 aromatic heterocycles. The number of esters is 1. The highest BCUT2D eigenvalue weighted by Gasteiger charge is 2.44. The zero-order valence-corrected chi connectivity index (χ0v) is 16.0. The van der Waals surface area contributed by atoms with Crippen LogP contribution in [-0.2, 0) is 20.8 Å². The summed E-state index contributed by atoms with van der Waals surface area (Å²) in [6, 6.07) is 12.3. The number of ether oxygens (including phenoxy) is 2. The van der Waals surface area contributed by atoms with Gasteiger partial charge in [0.1, 0.15) is 31.0 Å². The van der Waals surface area contributed by atoms with E-state index in [1.54, 1.807) is 41.0 Å². The first-order valence-electron chi connectivity index (χ1n) is 9.72. The summed E-state index contributed by atoms with van der Waals surface area (Å²) in [5, 5.41) is 38.8. The van der Waals surface area contributed by atoms with E-state index in [-0.39, 0.29) is 5.78 Å². The quantitative estimate of drug-likeness (QED) is 0.379. The minimum absolute atomic E-state index is 0.129. The monoisotopic (exact) mass is 417 g/mol. The third-order valence-electron chi connectivity index (χ3n) is 5.64. The van der Waals surface area contributed by atoms with Gasteiger partial charge in [0.15, 0.2) is 6.29 Å². The maximum Gasteiger partial charge on any atom is 0.315 e. The molecule has 0 radical (unpaired) electrons. The minimum atomic E-state index is -1.69. The van der Waals surface area contributed by atoms with Crippen molar-refractivity contribution in [2.75, 3.05) is 6.61 Å². The number of nitrogens with zero attached hydrogens (tertiary/aromatic N) is 1. The molecule has 1 saturated heterocycles. The lowest BCUT2D eigenvalue weighted by atomic mass is 9.99. The highest BCUT2D eigenvalue weighted by atomic mass is 16.6. The molecule has 0 amide bonds. The number of rotatable bonds is 5. The Balaban J connectivity index is 1.42. The molecule has 4 N–H and O–H groups in total. The van der Waals surface area contributed by atoms with Crippen LogP contribution in [0.5, 0.6) is 0 Å². The van der Waals surface area contributed by atoms with Crippen molar-refractivity contribution >= 4 is 11.8 Å². The average molecular weight is 417 g/mol. The molecule has 1 aromatic carbocycles. The lowest BCUT2D eigenvalue weighted by Gasteiger charge is -2.37. The third kappa shape index (κ3) is 3.66. The van der Waals surface area contributed by atoms with Crippen LogP contribution in [0.2, 0.25) is 0 Å². The standard InChI is InChI=1S/C21H23NO8/c23-16(11-4-2-1-3-5-11)14-7-6-13-12(8-9-22(13)14)20(27)29-10-15-17(24)18(25)19(26)21(28)30-15/h1-7,12,15,17-19,21,24-26,28H,8-10H2/t12?,15?,17-,18-,19?,21-/m0/s1. The van der Waals surface area contributed by atoms with Crippen molar-refractivity contribution in [3.8, 4) is 0 Å². The Bertz CT molecular complexity index is 926. The highest BCUT2D eigenvalue weighted by Crippen LogP contribution is 2.32. The van der Waals surface area contributed by atoms with Gasteiger partial charge in [-0.05, 0) is 18.6 Å². The summed E-state index contributed by atoms with van der Waals surface area (Å²) in [6.45, 7) is 0.0933. The molecule has 1 fully saturated rings. The summed E-state index contributed by atoms with van der Waals surface area (Å²) in [7, 11) is 0. The predicted octanol–water partition coefficient (Wildman–Crippen LogP) is -0.451. The van der Waals surface area contributed by atoms with E-state index >= 15 is 0 Å². The Morgan fingerprint density at radius 2 is 1.73 bits per heavy atom. The number of carbonyl (C=O) groups excluding carboxylic acids is 2. The molecule has 3 heterocycles. The zero-order valence-electron chi connectivity index (χ0n) is 16.0. The summed E-state index contributed by atoms with van der Waals surface area (Å²) in [5.41, 5.74) is 1.73. The molecule has 6 atom stereocenters. The Hall–Kier alpha value is -2.56. The molecule has 2 aliphatic heterocycles. The lowest BCUT2D eigenvalue weighted by Crippen LogP contribution is -2.58. The summed E-state index contributed by atoms with van der Waals surface area (Å²) in [4.78, 5) is 25.4. The van der Waals surface area contributed by atoms with Crippen LogP contribution >= 0.6 is 0 Å². The topological polar surface area (TPSA) is 138 Å². The van der Waals surface area contributed by atoms with Crippen molar-refractivity contribution < 1.29 is 39.5 Å². The van der Waals surface area contributed by atoms with Gasteiger partial charge >= 0.3 is 5.97 Å². The summed E-state index contributed by atoms with van der Waals surface area (Å²) in [6.07, 6.45) is -7.19. The lowest BCUT2D eigenvalue weighted by molar-refractivity contribution is -0.287. The van der Waals surface area contributed by atoms with Crippen LogP contribution in [0, 0.1) is 0 Å². The SMILES string of the molecule is O=C(c1ccccc1)c1ccc2n1CCC2C(=O)OCC1O[C@H](O)C(O)[C@@H](O)[C@H]1O. The second kappa shape index (κ2) is 8.29. The average Bonchev–Trinajstić information content (AvgIpc) is 3.36. The molecule has 3 unspecified atom stereocenters. The molecule has 9 heteroatoms. The van der Waals surface area contributed by atoms with E-state index in [9.17, 15) is 30.0 Å². The molecule has 2 aromatic rings. The second-order valence-electron chi connectivity index (χ2n) is 7.50. The van der Waals surface area contributed by atoms with E-state index < -0.39 is 49.2 Å². The van der Waals surface area contributed by atoms with Gasteiger partial charge in [0.25, 0.3) is 0 Å². The van der Waals surface area contributed by atoms with Crippen molar-refractivity contribution in [2.24, 2.45) is 0 Å². The smallest absolute Gasteiger partial charge is 0.315 e. The van der Waals surface area contributed by atoms with Gasteiger partial charge in [-0.1, -0.05) is 30.3 Å². The fourth-order valence-electron chi connectivity index (χ4n) is 3.95. The minimum Gasteiger partial charge on any atom is -0.462 e. The Labute approximate surface area is 172 Å². The molecule has 2 aliphatic rings. The first-order chi connectivity index (χ1) is 14.4. The summed E-state index contributed by atoms with van der Waals surface area (Å²) < 4.78 is 12.1. The zero-order chi connectivity index (χ0) is 21.4. The van der Waals surface area contributed by atoms with Crippen molar-refractivity contribution in [2.45, 2.75) is 49.6 Å². The molecule has 30 heavy (non-hydrogen) atoms.